The fraction of sp³-hybridized carbons (Fsp3) is 0.545. The van der Waals surface area contributed by atoms with E-state index < -0.39 is 0 Å². The summed E-state index contributed by atoms with van der Waals surface area (Å²) in [6.07, 6.45) is 2.92. The molecule has 1 rings (SSSR count). The van der Waals surface area contributed by atoms with Crippen molar-refractivity contribution in [3.63, 3.8) is 0 Å². The first-order valence-electron chi connectivity index (χ1n) is 4.74. The van der Waals surface area contributed by atoms with E-state index in [0.29, 0.717) is 0 Å². The van der Waals surface area contributed by atoms with Gasteiger partial charge in [-0.05, 0) is 44.9 Å². The molecule has 0 aliphatic heterocycles. The Kier molecular flexibility index (Phi) is 2.91. The van der Waals surface area contributed by atoms with Crippen molar-refractivity contribution in [1.82, 2.24) is 4.98 Å². The fourth-order valence-corrected chi connectivity index (χ4v) is 1.04. The Balaban J connectivity index is 2.74. The first-order valence-corrected chi connectivity index (χ1v) is 4.74. The molecule has 1 N–H and O–H groups in total. The Morgan fingerprint density at radius 2 is 2.15 bits per heavy atom. The summed E-state index contributed by atoms with van der Waals surface area (Å²) in [5.74, 6) is 0.965. The van der Waals surface area contributed by atoms with E-state index in [0.717, 1.165) is 12.2 Å². The standard InChI is InChI=1S/C11H18N2/c1-5-11(3,4)13-10-8-9(2)6-7-12-10/h6-8H,5H2,1-4H3,(H,12,13). The molecule has 0 spiro atoms. The molecule has 72 valence electrons. The summed E-state index contributed by atoms with van der Waals surface area (Å²) in [4.78, 5) is 4.26. The minimum Gasteiger partial charge on any atom is -0.365 e. The van der Waals surface area contributed by atoms with Crippen molar-refractivity contribution in [2.75, 3.05) is 5.32 Å². The van der Waals surface area contributed by atoms with E-state index >= 15 is 0 Å². The summed E-state index contributed by atoms with van der Waals surface area (Å²) in [7, 11) is 0. The number of nitrogens with one attached hydrogen (secondary N) is 1. The van der Waals surface area contributed by atoms with Crippen LogP contribution in [0.15, 0.2) is 18.3 Å². The van der Waals surface area contributed by atoms with Crippen LogP contribution in [-0.4, -0.2) is 10.5 Å². The van der Waals surface area contributed by atoms with Gasteiger partial charge in [0.2, 0.25) is 0 Å². The molecule has 0 aromatic carbocycles. The molecule has 0 saturated heterocycles. The second-order valence-corrected chi connectivity index (χ2v) is 4.08. The molecule has 1 aromatic rings. The Labute approximate surface area is 80.4 Å². The largest absolute Gasteiger partial charge is 0.365 e. The molecular weight excluding hydrogens is 160 g/mol. The lowest BCUT2D eigenvalue weighted by Gasteiger charge is -2.25. The van der Waals surface area contributed by atoms with E-state index in [2.05, 4.69) is 44.1 Å². The van der Waals surface area contributed by atoms with Crippen LogP contribution in [0.3, 0.4) is 0 Å². The van der Waals surface area contributed by atoms with Gasteiger partial charge in [-0.15, -0.1) is 0 Å². The minimum absolute atomic E-state index is 0.126. The number of aromatic nitrogens is 1. The van der Waals surface area contributed by atoms with Crippen LogP contribution in [0, 0.1) is 6.92 Å². The molecule has 0 radical (unpaired) electrons. The quantitative estimate of drug-likeness (QED) is 0.769. The molecule has 13 heavy (non-hydrogen) atoms. The Bertz CT molecular complexity index is 279. The van der Waals surface area contributed by atoms with E-state index in [-0.39, 0.29) is 5.54 Å². The van der Waals surface area contributed by atoms with Gasteiger partial charge in [-0.3, -0.25) is 0 Å². The van der Waals surface area contributed by atoms with Crippen molar-refractivity contribution < 1.29 is 0 Å². The molecule has 0 aliphatic rings. The molecule has 1 heterocycles. The Hall–Kier alpha value is -1.05. The number of anilines is 1. The first kappa shape index (κ1) is 10.0. The predicted molar refractivity (Wildman–Crippen MR) is 57.0 cm³/mol. The molecular formula is C11H18N2. The number of rotatable bonds is 3. The third-order valence-corrected chi connectivity index (χ3v) is 2.27. The summed E-state index contributed by atoms with van der Waals surface area (Å²) in [6.45, 7) is 8.60. The number of pyridine rings is 1. The number of hydrogen-bond acceptors (Lipinski definition) is 2. The lowest BCUT2D eigenvalue weighted by Crippen LogP contribution is -2.30. The highest BCUT2D eigenvalue weighted by atomic mass is 15.0. The molecule has 1 aromatic heterocycles. The second kappa shape index (κ2) is 3.77. The van der Waals surface area contributed by atoms with Crippen LogP contribution in [0.5, 0.6) is 0 Å². The molecule has 0 fully saturated rings. The van der Waals surface area contributed by atoms with Gasteiger partial charge in [0.25, 0.3) is 0 Å². The van der Waals surface area contributed by atoms with Crippen LogP contribution < -0.4 is 5.32 Å². The van der Waals surface area contributed by atoms with Gasteiger partial charge in [-0.25, -0.2) is 4.98 Å². The normalized spacial score (nSPS) is 11.4. The van der Waals surface area contributed by atoms with Gasteiger partial charge in [-0.2, -0.15) is 0 Å². The zero-order chi connectivity index (χ0) is 9.90. The molecule has 0 saturated carbocycles. The van der Waals surface area contributed by atoms with E-state index in [4.69, 9.17) is 0 Å². The van der Waals surface area contributed by atoms with Crippen molar-refractivity contribution in [3.8, 4) is 0 Å². The van der Waals surface area contributed by atoms with Crippen LogP contribution in [0.1, 0.15) is 32.8 Å². The summed E-state index contributed by atoms with van der Waals surface area (Å²) < 4.78 is 0. The van der Waals surface area contributed by atoms with Crippen molar-refractivity contribution >= 4 is 5.82 Å². The molecule has 2 nitrogen and oxygen atoms in total. The zero-order valence-electron chi connectivity index (χ0n) is 8.89. The molecule has 0 amide bonds. The summed E-state index contributed by atoms with van der Waals surface area (Å²) in [6, 6.07) is 4.07. The van der Waals surface area contributed by atoms with Gasteiger partial charge < -0.3 is 5.32 Å². The van der Waals surface area contributed by atoms with Gasteiger partial charge in [0, 0.05) is 11.7 Å². The van der Waals surface area contributed by atoms with Crippen LogP contribution in [-0.2, 0) is 0 Å². The lowest BCUT2D eigenvalue weighted by atomic mass is 10.0. The number of nitrogens with zero attached hydrogens (tertiary/aromatic N) is 1. The highest BCUT2D eigenvalue weighted by Gasteiger charge is 2.14. The lowest BCUT2D eigenvalue weighted by molar-refractivity contribution is 0.545. The third kappa shape index (κ3) is 3.05. The van der Waals surface area contributed by atoms with Gasteiger partial charge in [0.15, 0.2) is 0 Å². The summed E-state index contributed by atoms with van der Waals surface area (Å²) >= 11 is 0. The highest BCUT2D eigenvalue weighted by Crippen LogP contribution is 2.16. The van der Waals surface area contributed by atoms with Gasteiger partial charge in [0.1, 0.15) is 5.82 Å². The number of aryl methyl sites for hydroxylation is 1. The third-order valence-electron chi connectivity index (χ3n) is 2.27. The van der Waals surface area contributed by atoms with Crippen molar-refractivity contribution in [3.05, 3.63) is 23.9 Å². The zero-order valence-corrected chi connectivity index (χ0v) is 8.89. The summed E-state index contributed by atoms with van der Waals surface area (Å²) in [5.41, 5.74) is 1.37. The Morgan fingerprint density at radius 3 is 2.69 bits per heavy atom. The highest BCUT2D eigenvalue weighted by molar-refractivity contribution is 5.39. The molecule has 2 heteroatoms. The summed E-state index contributed by atoms with van der Waals surface area (Å²) in [5, 5.41) is 3.40. The smallest absolute Gasteiger partial charge is 0.126 e. The maximum absolute atomic E-state index is 4.26. The van der Waals surface area contributed by atoms with Crippen molar-refractivity contribution in [2.45, 2.75) is 39.7 Å². The van der Waals surface area contributed by atoms with Crippen molar-refractivity contribution in [1.29, 1.82) is 0 Å². The van der Waals surface area contributed by atoms with Gasteiger partial charge in [-0.1, -0.05) is 6.92 Å². The minimum atomic E-state index is 0.126. The topological polar surface area (TPSA) is 24.9 Å². The maximum atomic E-state index is 4.26. The van der Waals surface area contributed by atoms with Crippen LogP contribution in [0.25, 0.3) is 0 Å². The van der Waals surface area contributed by atoms with Crippen LogP contribution in [0.4, 0.5) is 5.82 Å². The van der Waals surface area contributed by atoms with E-state index in [1.807, 2.05) is 12.3 Å². The van der Waals surface area contributed by atoms with E-state index in [9.17, 15) is 0 Å². The molecule has 0 bridgehead atoms. The Morgan fingerprint density at radius 1 is 1.46 bits per heavy atom. The monoisotopic (exact) mass is 178 g/mol. The fourth-order valence-electron chi connectivity index (χ4n) is 1.04. The average molecular weight is 178 g/mol. The second-order valence-electron chi connectivity index (χ2n) is 4.08. The van der Waals surface area contributed by atoms with Gasteiger partial charge >= 0.3 is 0 Å². The molecule has 0 atom stereocenters. The number of hydrogen-bond donors (Lipinski definition) is 1. The van der Waals surface area contributed by atoms with E-state index in [1.165, 1.54) is 5.56 Å². The molecule has 0 aliphatic carbocycles. The van der Waals surface area contributed by atoms with Crippen molar-refractivity contribution in [2.24, 2.45) is 0 Å². The average Bonchev–Trinajstić information content (AvgIpc) is 2.03. The predicted octanol–water partition coefficient (Wildman–Crippen LogP) is 2.99. The van der Waals surface area contributed by atoms with Crippen LogP contribution in [0.2, 0.25) is 0 Å². The maximum Gasteiger partial charge on any atom is 0.126 e. The first-order chi connectivity index (χ1) is 6.03. The van der Waals surface area contributed by atoms with E-state index in [1.54, 1.807) is 0 Å². The molecule has 0 unspecified atom stereocenters. The SMILES string of the molecule is CCC(C)(C)Nc1cc(C)ccn1. The van der Waals surface area contributed by atoms with Gasteiger partial charge in [0.05, 0.1) is 0 Å². The van der Waals surface area contributed by atoms with Crippen LogP contribution >= 0.6 is 0 Å².